The van der Waals surface area contributed by atoms with E-state index in [1.54, 1.807) is 0 Å². The van der Waals surface area contributed by atoms with E-state index in [4.69, 9.17) is 0 Å². The highest BCUT2D eigenvalue weighted by molar-refractivity contribution is 5.03. The molecule has 0 saturated carbocycles. The molecule has 0 spiro atoms. The highest BCUT2D eigenvalue weighted by Gasteiger charge is 2.43. The normalized spacial score (nSPS) is 23.2. The Labute approximate surface area is 115 Å². The molecule has 0 radical (unpaired) electrons. The fourth-order valence-corrected chi connectivity index (χ4v) is 3.39. The average molecular weight is 254 g/mol. The van der Waals surface area contributed by atoms with Crippen LogP contribution in [0.25, 0.3) is 0 Å². The monoisotopic (exact) mass is 254 g/mol. The van der Waals surface area contributed by atoms with E-state index in [9.17, 15) is 0 Å². The van der Waals surface area contributed by atoms with Gasteiger partial charge in [-0.1, -0.05) is 41.0 Å². The molecule has 1 fully saturated rings. The zero-order valence-electron chi connectivity index (χ0n) is 13.3. The Bertz CT molecular complexity index is 229. The van der Waals surface area contributed by atoms with Crippen molar-refractivity contribution < 1.29 is 0 Å². The van der Waals surface area contributed by atoms with E-state index >= 15 is 0 Å². The van der Waals surface area contributed by atoms with Gasteiger partial charge in [-0.05, 0) is 38.6 Å². The second-order valence-electron chi connectivity index (χ2n) is 6.05. The summed E-state index contributed by atoms with van der Waals surface area (Å²) in [6.07, 6.45) is 7.67. The average Bonchev–Trinajstić information content (AvgIpc) is 2.44. The van der Waals surface area contributed by atoms with Gasteiger partial charge in [0.25, 0.3) is 0 Å². The van der Waals surface area contributed by atoms with E-state index in [1.807, 2.05) is 0 Å². The van der Waals surface area contributed by atoms with Crippen LogP contribution in [0, 0.1) is 0 Å². The predicted molar refractivity (Wildman–Crippen MR) is 81.1 cm³/mol. The molecule has 18 heavy (non-hydrogen) atoms. The molecule has 0 aliphatic carbocycles. The maximum absolute atomic E-state index is 3.89. The van der Waals surface area contributed by atoms with E-state index in [0.717, 1.165) is 0 Å². The zero-order chi connectivity index (χ0) is 13.6. The highest BCUT2D eigenvalue weighted by atomic mass is 15.3. The third-order valence-electron chi connectivity index (χ3n) is 5.41. The number of hydrogen-bond donors (Lipinski definition) is 1. The summed E-state index contributed by atoms with van der Waals surface area (Å²) in [5.41, 5.74) is 0.768. The van der Waals surface area contributed by atoms with Crippen LogP contribution in [-0.4, -0.2) is 35.6 Å². The van der Waals surface area contributed by atoms with Crippen molar-refractivity contribution in [1.82, 2.24) is 10.2 Å². The van der Waals surface area contributed by atoms with Crippen molar-refractivity contribution in [2.24, 2.45) is 0 Å². The van der Waals surface area contributed by atoms with Crippen molar-refractivity contribution in [2.75, 3.05) is 19.6 Å². The van der Waals surface area contributed by atoms with Crippen LogP contribution < -0.4 is 5.32 Å². The first-order valence-electron chi connectivity index (χ1n) is 8.12. The van der Waals surface area contributed by atoms with Gasteiger partial charge in [0, 0.05) is 24.2 Å². The summed E-state index contributed by atoms with van der Waals surface area (Å²) in [6, 6.07) is 0. The summed E-state index contributed by atoms with van der Waals surface area (Å²) >= 11 is 0. The SMILES string of the molecule is CCCCN1CC(CC)(CC)NCC1(CC)CC. The smallest absolute Gasteiger partial charge is 0.0329 e. The number of rotatable bonds is 7. The Morgan fingerprint density at radius 1 is 0.944 bits per heavy atom. The molecule has 0 aromatic carbocycles. The fourth-order valence-electron chi connectivity index (χ4n) is 3.39. The molecule has 0 atom stereocenters. The van der Waals surface area contributed by atoms with Crippen LogP contribution in [0.2, 0.25) is 0 Å². The second kappa shape index (κ2) is 6.91. The number of nitrogens with one attached hydrogen (secondary N) is 1. The summed E-state index contributed by atoms with van der Waals surface area (Å²) in [7, 11) is 0. The van der Waals surface area contributed by atoms with Crippen molar-refractivity contribution in [2.45, 2.75) is 84.2 Å². The summed E-state index contributed by atoms with van der Waals surface area (Å²) in [4.78, 5) is 2.81. The minimum atomic E-state index is 0.363. The van der Waals surface area contributed by atoms with Gasteiger partial charge >= 0.3 is 0 Å². The van der Waals surface area contributed by atoms with E-state index in [2.05, 4.69) is 44.8 Å². The van der Waals surface area contributed by atoms with Gasteiger partial charge in [0.15, 0.2) is 0 Å². The Kier molecular flexibility index (Phi) is 6.13. The molecule has 2 heteroatoms. The van der Waals surface area contributed by atoms with E-state index < -0.39 is 0 Å². The van der Waals surface area contributed by atoms with Crippen LogP contribution in [0.3, 0.4) is 0 Å². The van der Waals surface area contributed by atoms with E-state index in [1.165, 1.54) is 58.2 Å². The molecular weight excluding hydrogens is 220 g/mol. The largest absolute Gasteiger partial charge is 0.308 e. The maximum atomic E-state index is 3.89. The summed E-state index contributed by atoms with van der Waals surface area (Å²) in [5, 5.41) is 3.89. The molecule has 0 aromatic rings. The van der Waals surface area contributed by atoms with Gasteiger partial charge in [0.1, 0.15) is 0 Å². The highest BCUT2D eigenvalue weighted by Crippen LogP contribution is 2.33. The van der Waals surface area contributed by atoms with Gasteiger partial charge in [-0.2, -0.15) is 0 Å². The minimum absolute atomic E-state index is 0.363. The Balaban J connectivity index is 2.84. The summed E-state index contributed by atoms with van der Waals surface area (Å²) < 4.78 is 0. The third kappa shape index (κ3) is 3.08. The van der Waals surface area contributed by atoms with E-state index in [-0.39, 0.29) is 0 Å². The minimum Gasteiger partial charge on any atom is -0.308 e. The first-order valence-corrected chi connectivity index (χ1v) is 8.12. The number of nitrogens with zero attached hydrogens (tertiary/aromatic N) is 1. The second-order valence-corrected chi connectivity index (χ2v) is 6.05. The molecule has 1 heterocycles. The fraction of sp³-hybridized carbons (Fsp3) is 1.00. The van der Waals surface area contributed by atoms with Crippen LogP contribution in [0.4, 0.5) is 0 Å². The van der Waals surface area contributed by atoms with Gasteiger partial charge in [-0.3, -0.25) is 4.90 Å². The Morgan fingerprint density at radius 3 is 2.00 bits per heavy atom. The van der Waals surface area contributed by atoms with E-state index in [0.29, 0.717) is 11.1 Å². The number of hydrogen-bond acceptors (Lipinski definition) is 2. The lowest BCUT2D eigenvalue weighted by Crippen LogP contribution is -2.69. The van der Waals surface area contributed by atoms with Gasteiger partial charge in [-0.15, -0.1) is 0 Å². The van der Waals surface area contributed by atoms with Gasteiger partial charge in [0.2, 0.25) is 0 Å². The molecule has 1 saturated heterocycles. The third-order valence-corrected chi connectivity index (χ3v) is 5.41. The first kappa shape index (κ1) is 16.0. The molecule has 0 bridgehead atoms. The standard InChI is InChI=1S/C16H34N2/c1-6-11-12-18-14-15(7-2,8-3)17-13-16(18,9-4)10-5/h17H,6-14H2,1-5H3. The number of piperazine rings is 1. The topological polar surface area (TPSA) is 15.3 Å². The molecule has 108 valence electrons. The van der Waals surface area contributed by atoms with Crippen LogP contribution in [-0.2, 0) is 0 Å². The van der Waals surface area contributed by atoms with Crippen molar-refractivity contribution in [3.8, 4) is 0 Å². The molecule has 2 nitrogen and oxygen atoms in total. The Morgan fingerprint density at radius 2 is 1.56 bits per heavy atom. The molecule has 0 aromatic heterocycles. The van der Waals surface area contributed by atoms with Crippen LogP contribution in [0.5, 0.6) is 0 Å². The van der Waals surface area contributed by atoms with Crippen molar-refractivity contribution in [3.05, 3.63) is 0 Å². The van der Waals surface area contributed by atoms with Crippen molar-refractivity contribution in [3.63, 3.8) is 0 Å². The molecule has 0 amide bonds. The van der Waals surface area contributed by atoms with Crippen LogP contribution >= 0.6 is 0 Å². The van der Waals surface area contributed by atoms with Crippen LogP contribution in [0.1, 0.15) is 73.1 Å². The number of unbranched alkanes of at least 4 members (excludes halogenated alkanes) is 1. The lowest BCUT2D eigenvalue weighted by Gasteiger charge is -2.54. The van der Waals surface area contributed by atoms with Gasteiger partial charge in [-0.25, -0.2) is 0 Å². The van der Waals surface area contributed by atoms with Gasteiger partial charge < -0.3 is 5.32 Å². The quantitative estimate of drug-likeness (QED) is 0.743. The zero-order valence-corrected chi connectivity index (χ0v) is 13.3. The molecule has 0 unspecified atom stereocenters. The van der Waals surface area contributed by atoms with Crippen LogP contribution in [0.15, 0.2) is 0 Å². The summed E-state index contributed by atoms with van der Waals surface area (Å²) in [5.74, 6) is 0. The molecule has 1 aliphatic rings. The Hall–Kier alpha value is -0.0800. The molecule has 1 N–H and O–H groups in total. The summed E-state index contributed by atoms with van der Waals surface area (Å²) in [6.45, 7) is 15.4. The van der Waals surface area contributed by atoms with Gasteiger partial charge in [0.05, 0.1) is 0 Å². The lowest BCUT2D eigenvalue weighted by atomic mass is 9.80. The maximum Gasteiger partial charge on any atom is 0.0329 e. The van der Waals surface area contributed by atoms with Crippen molar-refractivity contribution >= 4 is 0 Å². The molecular formula is C16H34N2. The molecule has 1 rings (SSSR count). The molecule has 1 aliphatic heterocycles. The first-order chi connectivity index (χ1) is 8.62. The van der Waals surface area contributed by atoms with Crippen molar-refractivity contribution in [1.29, 1.82) is 0 Å². The predicted octanol–water partition coefficient (Wildman–Crippen LogP) is 3.81. The lowest BCUT2D eigenvalue weighted by molar-refractivity contribution is -0.00553.